The number of hydrogen-bond donors (Lipinski definition) is 2. The Morgan fingerprint density at radius 1 is 1.30 bits per heavy atom. The highest BCUT2D eigenvalue weighted by atomic mass is 16.4. The number of aryl methyl sites for hydroxylation is 1. The zero-order chi connectivity index (χ0) is 13.9. The van der Waals surface area contributed by atoms with Gasteiger partial charge in [-0.25, -0.2) is 0 Å². The van der Waals surface area contributed by atoms with Gasteiger partial charge in [0.1, 0.15) is 11.3 Å². The molecule has 0 aliphatic carbocycles. The minimum absolute atomic E-state index is 0.231. The summed E-state index contributed by atoms with van der Waals surface area (Å²) in [5.41, 5.74) is 7.89. The molecule has 0 saturated carbocycles. The second-order valence-electron chi connectivity index (χ2n) is 4.88. The second kappa shape index (κ2) is 5.28. The Balaban J connectivity index is 1.65. The summed E-state index contributed by atoms with van der Waals surface area (Å²) in [6.45, 7) is 2.08. The quantitative estimate of drug-likeness (QED) is 0.695. The molecule has 0 spiro atoms. The van der Waals surface area contributed by atoms with Crippen LogP contribution in [-0.4, -0.2) is 11.0 Å². The van der Waals surface area contributed by atoms with Crippen molar-refractivity contribution in [2.24, 2.45) is 0 Å². The van der Waals surface area contributed by atoms with Crippen LogP contribution in [-0.2, 0) is 6.42 Å². The van der Waals surface area contributed by atoms with Gasteiger partial charge in [0.05, 0.1) is 12.0 Å². The van der Waals surface area contributed by atoms with Crippen LogP contribution in [0.4, 0.5) is 11.7 Å². The molecule has 1 aromatic carbocycles. The van der Waals surface area contributed by atoms with Crippen molar-refractivity contribution in [3.8, 4) is 0 Å². The van der Waals surface area contributed by atoms with Gasteiger partial charge in [0, 0.05) is 12.5 Å². The van der Waals surface area contributed by atoms with Crippen molar-refractivity contribution in [2.45, 2.75) is 25.8 Å². The Labute approximate surface area is 116 Å². The van der Waals surface area contributed by atoms with E-state index in [4.69, 9.17) is 14.6 Å². The van der Waals surface area contributed by atoms with Crippen LogP contribution in [0.15, 0.2) is 45.4 Å². The van der Waals surface area contributed by atoms with Gasteiger partial charge in [0.2, 0.25) is 0 Å². The SMILES string of the molecule is CC(CCc1ccco1)Nc1nc2c(N)cccc2o1. The fraction of sp³-hybridized carbons (Fsp3) is 0.267. The highest BCUT2D eigenvalue weighted by Gasteiger charge is 2.11. The predicted molar refractivity (Wildman–Crippen MR) is 78.5 cm³/mol. The molecular formula is C15H17N3O2. The summed E-state index contributed by atoms with van der Waals surface area (Å²) in [6, 6.07) is 10.1. The Morgan fingerprint density at radius 2 is 2.20 bits per heavy atom. The van der Waals surface area contributed by atoms with E-state index in [2.05, 4.69) is 17.2 Å². The maximum absolute atomic E-state index is 5.86. The number of anilines is 2. The first-order valence-electron chi connectivity index (χ1n) is 6.66. The number of para-hydroxylation sites is 1. The lowest BCUT2D eigenvalue weighted by Gasteiger charge is -2.10. The van der Waals surface area contributed by atoms with Crippen molar-refractivity contribution in [1.29, 1.82) is 0 Å². The first-order valence-corrected chi connectivity index (χ1v) is 6.66. The first kappa shape index (κ1) is 12.6. The highest BCUT2D eigenvalue weighted by molar-refractivity contribution is 5.86. The molecule has 0 fully saturated rings. The smallest absolute Gasteiger partial charge is 0.295 e. The first-order chi connectivity index (χ1) is 9.72. The van der Waals surface area contributed by atoms with Crippen molar-refractivity contribution < 1.29 is 8.83 Å². The van der Waals surface area contributed by atoms with Crippen LogP contribution in [0.5, 0.6) is 0 Å². The topological polar surface area (TPSA) is 77.2 Å². The minimum Gasteiger partial charge on any atom is -0.469 e. The summed E-state index contributed by atoms with van der Waals surface area (Å²) < 4.78 is 10.9. The largest absolute Gasteiger partial charge is 0.469 e. The van der Waals surface area contributed by atoms with Crippen LogP contribution in [0.25, 0.3) is 11.1 Å². The molecule has 0 radical (unpaired) electrons. The fourth-order valence-corrected chi connectivity index (χ4v) is 2.13. The molecule has 0 saturated heterocycles. The van der Waals surface area contributed by atoms with E-state index in [1.165, 1.54) is 0 Å². The molecule has 0 bridgehead atoms. The number of rotatable bonds is 5. The summed E-state index contributed by atoms with van der Waals surface area (Å²) in [6.07, 6.45) is 3.50. The number of nitrogens with two attached hydrogens (primary N) is 1. The number of furan rings is 1. The van der Waals surface area contributed by atoms with E-state index in [0.717, 1.165) is 18.6 Å². The van der Waals surface area contributed by atoms with Gasteiger partial charge in [-0.2, -0.15) is 4.98 Å². The fourth-order valence-electron chi connectivity index (χ4n) is 2.13. The number of fused-ring (bicyclic) bond motifs is 1. The molecule has 1 atom stereocenters. The average Bonchev–Trinajstić information content (AvgIpc) is 3.05. The molecule has 3 N–H and O–H groups in total. The Kier molecular flexibility index (Phi) is 3.33. The monoisotopic (exact) mass is 271 g/mol. The number of nitrogens with zero attached hydrogens (tertiary/aromatic N) is 1. The van der Waals surface area contributed by atoms with Gasteiger partial charge in [-0.15, -0.1) is 0 Å². The average molecular weight is 271 g/mol. The lowest BCUT2D eigenvalue weighted by atomic mass is 10.1. The molecule has 0 amide bonds. The van der Waals surface area contributed by atoms with E-state index < -0.39 is 0 Å². The summed E-state index contributed by atoms with van der Waals surface area (Å²) in [5, 5.41) is 3.25. The molecule has 1 unspecified atom stereocenters. The Morgan fingerprint density at radius 3 is 2.95 bits per heavy atom. The summed E-state index contributed by atoms with van der Waals surface area (Å²) >= 11 is 0. The maximum Gasteiger partial charge on any atom is 0.295 e. The lowest BCUT2D eigenvalue weighted by molar-refractivity contribution is 0.492. The van der Waals surface area contributed by atoms with Crippen molar-refractivity contribution in [2.75, 3.05) is 11.1 Å². The molecule has 0 aliphatic heterocycles. The molecule has 2 heterocycles. The second-order valence-corrected chi connectivity index (χ2v) is 4.88. The van der Waals surface area contributed by atoms with Gasteiger partial charge in [-0.1, -0.05) is 6.07 Å². The third-order valence-corrected chi connectivity index (χ3v) is 3.22. The molecule has 5 heteroatoms. The van der Waals surface area contributed by atoms with E-state index in [1.54, 1.807) is 6.26 Å². The van der Waals surface area contributed by atoms with Crippen molar-refractivity contribution in [3.63, 3.8) is 0 Å². The third-order valence-electron chi connectivity index (χ3n) is 3.22. The molecule has 5 nitrogen and oxygen atoms in total. The lowest BCUT2D eigenvalue weighted by Crippen LogP contribution is -2.16. The number of hydrogen-bond acceptors (Lipinski definition) is 5. The number of nitrogen functional groups attached to an aromatic ring is 1. The molecule has 3 aromatic rings. The number of nitrogens with one attached hydrogen (secondary N) is 1. The van der Waals surface area contributed by atoms with Crippen LogP contribution in [0.1, 0.15) is 19.1 Å². The van der Waals surface area contributed by atoms with Crippen molar-refractivity contribution in [3.05, 3.63) is 42.4 Å². The molecule has 2 aromatic heterocycles. The van der Waals surface area contributed by atoms with Crippen LogP contribution in [0.2, 0.25) is 0 Å². The highest BCUT2D eigenvalue weighted by Crippen LogP contribution is 2.24. The van der Waals surface area contributed by atoms with Crippen LogP contribution in [0, 0.1) is 0 Å². The van der Waals surface area contributed by atoms with E-state index >= 15 is 0 Å². The molecule has 104 valence electrons. The van der Waals surface area contributed by atoms with E-state index in [0.29, 0.717) is 22.8 Å². The van der Waals surface area contributed by atoms with Gasteiger partial charge in [-0.05, 0) is 37.6 Å². The zero-order valence-corrected chi connectivity index (χ0v) is 11.3. The standard InChI is InChI=1S/C15H17N3O2/c1-10(7-8-11-4-3-9-19-11)17-15-18-14-12(16)5-2-6-13(14)20-15/h2-6,9-10H,7-8,16H2,1H3,(H,17,18). The Hall–Kier alpha value is -2.43. The number of benzene rings is 1. The molecule has 0 aliphatic rings. The molecule has 3 rings (SSSR count). The summed E-state index contributed by atoms with van der Waals surface area (Å²) in [7, 11) is 0. The number of oxazole rings is 1. The van der Waals surface area contributed by atoms with Gasteiger partial charge >= 0.3 is 0 Å². The van der Waals surface area contributed by atoms with Crippen LogP contribution >= 0.6 is 0 Å². The third kappa shape index (κ3) is 2.61. The molecular weight excluding hydrogens is 254 g/mol. The van der Waals surface area contributed by atoms with Crippen molar-refractivity contribution >= 4 is 22.8 Å². The van der Waals surface area contributed by atoms with Gasteiger partial charge in [0.25, 0.3) is 6.01 Å². The van der Waals surface area contributed by atoms with Gasteiger partial charge < -0.3 is 19.9 Å². The summed E-state index contributed by atoms with van der Waals surface area (Å²) in [5.74, 6) is 0.987. The van der Waals surface area contributed by atoms with Crippen molar-refractivity contribution in [1.82, 2.24) is 4.98 Å². The van der Waals surface area contributed by atoms with E-state index in [9.17, 15) is 0 Å². The molecule has 20 heavy (non-hydrogen) atoms. The summed E-state index contributed by atoms with van der Waals surface area (Å²) in [4.78, 5) is 4.37. The van der Waals surface area contributed by atoms with Gasteiger partial charge in [0.15, 0.2) is 5.58 Å². The zero-order valence-electron chi connectivity index (χ0n) is 11.3. The maximum atomic E-state index is 5.86. The van der Waals surface area contributed by atoms with Gasteiger partial charge in [-0.3, -0.25) is 0 Å². The normalized spacial score (nSPS) is 12.7. The minimum atomic E-state index is 0.231. The van der Waals surface area contributed by atoms with E-state index in [1.807, 2.05) is 30.3 Å². The van der Waals surface area contributed by atoms with Crippen LogP contribution < -0.4 is 11.1 Å². The van der Waals surface area contributed by atoms with E-state index in [-0.39, 0.29) is 6.04 Å². The Bertz CT molecular complexity index is 688. The number of aromatic nitrogens is 1. The predicted octanol–water partition coefficient (Wildman–Crippen LogP) is 3.44. The van der Waals surface area contributed by atoms with Crippen LogP contribution in [0.3, 0.4) is 0 Å².